The lowest BCUT2D eigenvalue weighted by atomic mass is 10.2. The van der Waals surface area contributed by atoms with E-state index in [9.17, 15) is 5.11 Å². The molecule has 1 aromatic rings. The van der Waals surface area contributed by atoms with Gasteiger partial charge in [-0.3, -0.25) is 4.90 Å². The molecule has 4 nitrogen and oxygen atoms in total. The van der Waals surface area contributed by atoms with Crippen molar-refractivity contribution in [2.45, 2.75) is 26.0 Å². The smallest absolute Gasteiger partial charge is 0.0791 e. The van der Waals surface area contributed by atoms with Crippen molar-refractivity contribution in [3.63, 3.8) is 0 Å². The Kier molecular flexibility index (Phi) is 6.30. The molecule has 0 amide bonds. The van der Waals surface area contributed by atoms with Crippen molar-refractivity contribution in [3.8, 4) is 0 Å². The molecular formula is C16H26ClN3O. The minimum atomic E-state index is -0.297. The van der Waals surface area contributed by atoms with E-state index in [1.54, 1.807) is 0 Å². The van der Waals surface area contributed by atoms with Crippen LogP contribution in [0.3, 0.4) is 0 Å². The second kappa shape index (κ2) is 7.99. The van der Waals surface area contributed by atoms with Gasteiger partial charge < -0.3 is 15.3 Å². The summed E-state index contributed by atoms with van der Waals surface area (Å²) in [5, 5.41) is 14.1. The lowest BCUT2D eigenvalue weighted by Gasteiger charge is -2.37. The summed E-state index contributed by atoms with van der Waals surface area (Å²) in [7, 11) is 0. The fraction of sp³-hybridized carbons (Fsp3) is 0.625. The zero-order chi connectivity index (χ0) is 15.2. The van der Waals surface area contributed by atoms with Gasteiger partial charge in [0, 0.05) is 56.0 Å². The Labute approximate surface area is 132 Å². The van der Waals surface area contributed by atoms with Gasteiger partial charge in [0.25, 0.3) is 0 Å². The summed E-state index contributed by atoms with van der Waals surface area (Å²) >= 11 is 5.92. The number of nitrogens with zero attached hydrogens (tertiary/aromatic N) is 2. The van der Waals surface area contributed by atoms with Crippen LogP contribution in [-0.2, 0) is 0 Å². The van der Waals surface area contributed by atoms with E-state index in [1.165, 1.54) is 5.69 Å². The van der Waals surface area contributed by atoms with Crippen LogP contribution >= 0.6 is 11.6 Å². The van der Waals surface area contributed by atoms with Crippen LogP contribution in [-0.4, -0.2) is 61.4 Å². The van der Waals surface area contributed by atoms with Crippen molar-refractivity contribution in [1.82, 2.24) is 10.2 Å². The van der Waals surface area contributed by atoms with Crippen molar-refractivity contribution < 1.29 is 5.11 Å². The fourth-order valence-corrected chi connectivity index (χ4v) is 2.70. The van der Waals surface area contributed by atoms with E-state index >= 15 is 0 Å². The lowest BCUT2D eigenvalue weighted by Crippen LogP contribution is -2.50. The molecule has 0 aliphatic carbocycles. The number of hydrogen-bond acceptors (Lipinski definition) is 4. The molecule has 1 fully saturated rings. The van der Waals surface area contributed by atoms with Crippen LogP contribution in [0.4, 0.5) is 5.69 Å². The van der Waals surface area contributed by atoms with E-state index in [0.717, 1.165) is 37.7 Å². The van der Waals surface area contributed by atoms with E-state index in [0.29, 0.717) is 12.6 Å². The molecule has 1 atom stereocenters. The average molecular weight is 312 g/mol. The molecular weight excluding hydrogens is 286 g/mol. The lowest BCUT2D eigenvalue weighted by molar-refractivity contribution is 0.106. The molecule has 0 radical (unpaired) electrons. The molecule has 118 valence electrons. The zero-order valence-corrected chi connectivity index (χ0v) is 13.7. The summed E-state index contributed by atoms with van der Waals surface area (Å²) in [6.07, 6.45) is -0.297. The van der Waals surface area contributed by atoms with Gasteiger partial charge >= 0.3 is 0 Å². The number of hydrogen-bond donors (Lipinski definition) is 2. The molecule has 21 heavy (non-hydrogen) atoms. The third kappa shape index (κ3) is 5.47. The first-order valence-corrected chi connectivity index (χ1v) is 8.06. The van der Waals surface area contributed by atoms with E-state index in [4.69, 9.17) is 11.6 Å². The topological polar surface area (TPSA) is 38.7 Å². The van der Waals surface area contributed by atoms with Crippen LogP contribution in [0.1, 0.15) is 13.8 Å². The summed E-state index contributed by atoms with van der Waals surface area (Å²) in [6.45, 7) is 9.55. The number of nitrogens with one attached hydrogen (secondary N) is 1. The number of halogens is 1. The minimum Gasteiger partial charge on any atom is -0.390 e. The molecule has 2 N–H and O–H groups in total. The zero-order valence-electron chi connectivity index (χ0n) is 12.9. The Balaban J connectivity index is 1.74. The Morgan fingerprint density at radius 2 is 1.76 bits per heavy atom. The molecule has 1 heterocycles. The predicted octanol–water partition coefficient (Wildman–Crippen LogP) is 1.82. The number of β-amino-alcohol motifs (C(OH)–C–C–N with tert-alkyl or cyclic N) is 1. The molecule has 0 saturated carbocycles. The summed E-state index contributed by atoms with van der Waals surface area (Å²) in [6, 6.07) is 8.43. The number of piperazine rings is 1. The number of rotatable bonds is 6. The number of anilines is 1. The molecule has 0 bridgehead atoms. The van der Waals surface area contributed by atoms with Crippen LogP contribution in [0.15, 0.2) is 24.3 Å². The van der Waals surface area contributed by atoms with Gasteiger partial charge in [0.05, 0.1) is 6.10 Å². The highest BCUT2D eigenvalue weighted by Gasteiger charge is 2.19. The van der Waals surface area contributed by atoms with Crippen molar-refractivity contribution in [1.29, 1.82) is 0 Å². The Morgan fingerprint density at radius 3 is 2.33 bits per heavy atom. The second-order valence-electron chi connectivity index (χ2n) is 5.98. The van der Waals surface area contributed by atoms with E-state index in [1.807, 2.05) is 12.1 Å². The Hall–Kier alpha value is -0.810. The number of aliphatic hydroxyl groups is 1. The van der Waals surface area contributed by atoms with Crippen molar-refractivity contribution in [3.05, 3.63) is 29.3 Å². The minimum absolute atomic E-state index is 0.297. The third-order valence-corrected chi connectivity index (χ3v) is 4.05. The van der Waals surface area contributed by atoms with Crippen LogP contribution in [0, 0.1) is 0 Å². The van der Waals surface area contributed by atoms with Crippen molar-refractivity contribution in [2.24, 2.45) is 0 Å². The monoisotopic (exact) mass is 311 g/mol. The first kappa shape index (κ1) is 16.6. The average Bonchev–Trinajstić information content (AvgIpc) is 2.47. The molecule has 1 aliphatic rings. The van der Waals surface area contributed by atoms with Crippen molar-refractivity contribution >= 4 is 17.3 Å². The van der Waals surface area contributed by atoms with Crippen LogP contribution in [0.25, 0.3) is 0 Å². The standard InChI is InChI=1S/C16H26ClN3O/c1-13(2)18-11-16(21)12-19-7-9-20(10-8-19)15-5-3-14(17)4-6-15/h3-6,13,16,18,21H,7-12H2,1-2H3. The van der Waals surface area contributed by atoms with Gasteiger partial charge in [-0.1, -0.05) is 25.4 Å². The van der Waals surface area contributed by atoms with Crippen molar-refractivity contribution in [2.75, 3.05) is 44.2 Å². The van der Waals surface area contributed by atoms with Crippen LogP contribution in [0.5, 0.6) is 0 Å². The van der Waals surface area contributed by atoms with Crippen LogP contribution < -0.4 is 10.2 Å². The predicted molar refractivity (Wildman–Crippen MR) is 89.3 cm³/mol. The maximum Gasteiger partial charge on any atom is 0.0791 e. The largest absolute Gasteiger partial charge is 0.390 e. The van der Waals surface area contributed by atoms with E-state index < -0.39 is 0 Å². The highest BCUT2D eigenvalue weighted by molar-refractivity contribution is 6.30. The first-order chi connectivity index (χ1) is 10.0. The molecule has 5 heteroatoms. The Morgan fingerprint density at radius 1 is 1.14 bits per heavy atom. The Bertz CT molecular complexity index is 416. The second-order valence-corrected chi connectivity index (χ2v) is 6.42. The quantitative estimate of drug-likeness (QED) is 0.840. The normalized spacial score (nSPS) is 18.2. The van der Waals surface area contributed by atoms with Gasteiger partial charge in [0.15, 0.2) is 0 Å². The summed E-state index contributed by atoms with van der Waals surface area (Å²) in [5.41, 5.74) is 1.22. The van der Waals surface area contributed by atoms with Gasteiger partial charge in [-0.05, 0) is 24.3 Å². The molecule has 1 unspecified atom stereocenters. The van der Waals surface area contributed by atoms with Gasteiger partial charge in [-0.2, -0.15) is 0 Å². The fourth-order valence-electron chi connectivity index (χ4n) is 2.57. The van der Waals surface area contributed by atoms with Crippen LogP contribution in [0.2, 0.25) is 5.02 Å². The molecule has 1 aromatic carbocycles. The van der Waals surface area contributed by atoms with Gasteiger partial charge in [0.1, 0.15) is 0 Å². The summed E-state index contributed by atoms with van der Waals surface area (Å²) in [5.74, 6) is 0. The first-order valence-electron chi connectivity index (χ1n) is 7.69. The summed E-state index contributed by atoms with van der Waals surface area (Å²) < 4.78 is 0. The van der Waals surface area contributed by atoms with Gasteiger partial charge in [-0.15, -0.1) is 0 Å². The third-order valence-electron chi connectivity index (χ3n) is 3.79. The maximum absolute atomic E-state index is 10.0. The highest BCUT2D eigenvalue weighted by Crippen LogP contribution is 2.19. The molecule has 1 saturated heterocycles. The van der Waals surface area contributed by atoms with Gasteiger partial charge in [-0.25, -0.2) is 0 Å². The summed E-state index contributed by atoms with van der Waals surface area (Å²) in [4.78, 5) is 4.70. The molecule has 2 rings (SSSR count). The number of aliphatic hydroxyl groups excluding tert-OH is 1. The van der Waals surface area contributed by atoms with Gasteiger partial charge in [0.2, 0.25) is 0 Å². The number of benzene rings is 1. The molecule has 0 spiro atoms. The maximum atomic E-state index is 10.0. The highest BCUT2D eigenvalue weighted by atomic mass is 35.5. The SMILES string of the molecule is CC(C)NCC(O)CN1CCN(c2ccc(Cl)cc2)CC1. The van der Waals surface area contributed by atoms with E-state index in [-0.39, 0.29) is 6.10 Å². The molecule has 1 aliphatic heterocycles. The molecule has 0 aromatic heterocycles. The van der Waals surface area contributed by atoms with E-state index in [2.05, 4.69) is 41.1 Å².